The zero-order valence-electron chi connectivity index (χ0n) is 10.5. The summed E-state index contributed by atoms with van der Waals surface area (Å²) in [5.74, 6) is -0.863. The van der Waals surface area contributed by atoms with Gasteiger partial charge in [0.2, 0.25) is 5.09 Å². The summed E-state index contributed by atoms with van der Waals surface area (Å²) in [6.07, 6.45) is -1.08. The SMILES string of the molecule is CN(C)S(=O)(=O)c1ccc(C(=O)NCC(O)CO)o1. The minimum Gasteiger partial charge on any atom is -0.438 e. The van der Waals surface area contributed by atoms with E-state index in [0.717, 1.165) is 4.31 Å². The van der Waals surface area contributed by atoms with E-state index in [2.05, 4.69) is 5.32 Å². The summed E-state index contributed by atoms with van der Waals surface area (Å²) in [4.78, 5) is 11.6. The van der Waals surface area contributed by atoms with Crippen molar-refractivity contribution in [2.24, 2.45) is 0 Å². The van der Waals surface area contributed by atoms with Crippen LogP contribution in [0.1, 0.15) is 10.6 Å². The molecule has 19 heavy (non-hydrogen) atoms. The van der Waals surface area contributed by atoms with Gasteiger partial charge in [0.25, 0.3) is 15.9 Å². The lowest BCUT2D eigenvalue weighted by molar-refractivity contribution is 0.0780. The Morgan fingerprint density at radius 3 is 2.63 bits per heavy atom. The van der Waals surface area contributed by atoms with Gasteiger partial charge in [-0.1, -0.05) is 0 Å². The zero-order chi connectivity index (χ0) is 14.6. The summed E-state index contributed by atoms with van der Waals surface area (Å²) in [5, 5.41) is 19.6. The highest BCUT2D eigenvalue weighted by atomic mass is 32.2. The molecule has 1 unspecified atom stereocenters. The van der Waals surface area contributed by atoms with Gasteiger partial charge in [-0.2, -0.15) is 0 Å². The number of aliphatic hydroxyl groups is 2. The molecule has 1 heterocycles. The second-order valence-electron chi connectivity index (χ2n) is 3.95. The van der Waals surface area contributed by atoms with Crippen molar-refractivity contribution in [3.63, 3.8) is 0 Å². The smallest absolute Gasteiger partial charge is 0.287 e. The van der Waals surface area contributed by atoms with Crippen LogP contribution in [0.5, 0.6) is 0 Å². The minimum absolute atomic E-state index is 0.161. The zero-order valence-corrected chi connectivity index (χ0v) is 11.3. The first-order valence-corrected chi connectivity index (χ1v) is 6.82. The molecule has 9 heteroatoms. The number of sulfonamides is 1. The first kappa shape index (κ1) is 15.6. The number of nitrogens with zero attached hydrogens (tertiary/aromatic N) is 1. The predicted molar refractivity (Wildman–Crippen MR) is 65.0 cm³/mol. The first-order chi connectivity index (χ1) is 8.78. The van der Waals surface area contributed by atoms with E-state index in [1.165, 1.54) is 26.2 Å². The molecular formula is C10H16N2O6S. The highest BCUT2D eigenvalue weighted by molar-refractivity contribution is 7.88. The number of aliphatic hydroxyl groups excluding tert-OH is 2. The molecule has 8 nitrogen and oxygen atoms in total. The summed E-state index contributed by atoms with van der Waals surface area (Å²) < 4.78 is 29.3. The van der Waals surface area contributed by atoms with Crippen molar-refractivity contribution in [3.05, 3.63) is 17.9 Å². The third-order valence-electron chi connectivity index (χ3n) is 2.25. The maximum atomic E-state index is 11.7. The van der Waals surface area contributed by atoms with E-state index in [0.29, 0.717) is 0 Å². The highest BCUT2D eigenvalue weighted by Crippen LogP contribution is 2.16. The third-order valence-corrected chi connectivity index (χ3v) is 3.94. The second kappa shape index (κ2) is 6.15. The Hall–Kier alpha value is -1.42. The summed E-state index contributed by atoms with van der Waals surface area (Å²) in [5.41, 5.74) is 0. The molecule has 1 aromatic rings. The second-order valence-corrected chi connectivity index (χ2v) is 6.04. The van der Waals surface area contributed by atoms with Crippen LogP contribution >= 0.6 is 0 Å². The predicted octanol–water partition coefficient (Wildman–Crippen LogP) is -1.39. The Morgan fingerprint density at radius 1 is 1.47 bits per heavy atom. The third kappa shape index (κ3) is 3.77. The maximum absolute atomic E-state index is 11.7. The number of carbonyl (C=O) groups excluding carboxylic acids is 1. The van der Waals surface area contributed by atoms with Gasteiger partial charge in [0.1, 0.15) is 0 Å². The van der Waals surface area contributed by atoms with Gasteiger partial charge in [-0.3, -0.25) is 4.79 Å². The van der Waals surface area contributed by atoms with Gasteiger partial charge in [0, 0.05) is 20.6 Å². The molecule has 3 N–H and O–H groups in total. The van der Waals surface area contributed by atoms with Crippen molar-refractivity contribution in [3.8, 4) is 0 Å². The molecule has 0 aliphatic heterocycles. The molecule has 108 valence electrons. The Bertz CT molecular complexity index is 536. The van der Waals surface area contributed by atoms with Crippen LogP contribution in [-0.2, 0) is 10.0 Å². The summed E-state index contributed by atoms with van der Waals surface area (Å²) in [7, 11) is -1.04. The van der Waals surface area contributed by atoms with Crippen LogP contribution in [0.15, 0.2) is 21.6 Å². The van der Waals surface area contributed by atoms with Crippen LogP contribution in [0.3, 0.4) is 0 Å². The van der Waals surface area contributed by atoms with Gasteiger partial charge in [-0.25, -0.2) is 12.7 Å². The van der Waals surface area contributed by atoms with Gasteiger partial charge in [-0.05, 0) is 12.1 Å². The summed E-state index contributed by atoms with van der Waals surface area (Å²) in [6, 6.07) is 2.39. The van der Waals surface area contributed by atoms with Gasteiger partial charge in [-0.15, -0.1) is 0 Å². The number of amides is 1. The first-order valence-electron chi connectivity index (χ1n) is 5.38. The van der Waals surface area contributed by atoms with Crippen molar-refractivity contribution in [2.45, 2.75) is 11.2 Å². The van der Waals surface area contributed by atoms with Crippen molar-refractivity contribution < 1.29 is 27.8 Å². The monoisotopic (exact) mass is 292 g/mol. The van der Waals surface area contributed by atoms with E-state index >= 15 is 0 Å². The Balaban J connectivity index is 2.78. The molecule has 0 bridgehead atoms. The van der Waals surface area contributed by atoms with Crippen LogP contribution in [-0.4, -0.2) is 62.2 Å². The molecule has 0 fully saturated rings. The van der Waals surface area contributed by atoms with Crippen LogP contribution in [0.2, 0.25) is 0 Å². The molecule has 1 atom stereocenters. The number of furan rings is 1. The Morgan fingerprint density at radius 2 is 2.11 bits per heavy atom. The molecule has 0 saturated heterocycles. The molecule has 1 rings (SSSR count). The average Bonchev–Trinajstić information content (AvgIpc) is 2.85. The Labute approximate surface area is 110 Å². The van der Waals surface area contributed by atoms with Crippen molar-refractivity contribution >= 4 is 15.9 Å². The van der Waals surface area contributed by atoms with E-state index < -0.39 is 28.6 Å². The lowest BCUT2D eigenvalue weighted by Crippen LogP contribution is -2.33. The van der Waals surface area contributed by atoms with E-state index in [1.54, 1.807) is 0 Å². The number of hydrogen-bond acceptors (Lipinski definition) is 6. The molecule has 0 saturated carbocycles. The van der Waals surface area contributed by atoms with Crippen LogP contribution in [0, 0.1) is 0 Å². The van der Waals surface area contributed by atoms with E-state index in [9.17, 15) is 13.2 Å². The van der Waals surface area contributed by atoms with Gasteiger partial charge in [0.15, 0.2) is 5.76 Å². The topological polar surface area (TPSA) is 120 Å². The van der Waals surface area contributed by atoms with Crippen molar-refractivity contribution in [2.75, 3.05) is 27.2 Å². The van der Waals surface area contributed by atoms with Crippen LogP contribution in [0.4, 0.5) is 0 Å². The highest BCUT2D eigenvalue weighted by Gasteiger charge is 2.23. The number of carbonyl (C=O) groups is 1. The number of rotatable bonds is 6. The molecular weight excluding hydrogens is 276 g/mol. The molecule has 0 aliphatic rings. The van der Waals surface area contributed by atoms with Crippen LogP contribution < -0.4 is 5.32 Å². The lowest BCUT2D eigenvalue weighted by atomic mass is 10.3. The molecule has 0 radical (unpaired) electrons. The molecule has 1 amide bonds. The maximum Gasteiger partial charge on any atom is 0.287 e. The number of nitrogens with one attached hydrogen (secondary N) is 1. The van der Waals surface area contributed by atoms with Crippen LogP contribution in [0.25, 0.3) is 0 Å². The summed E-state index contributed by atoms with van der Waals surface area (Å²) in [6.45, 7) is -0.648. The van der Waals surface area contributed by atoms with E-state index in [-0.39, 0.29) is 17.4 Å². The number of hydrogen-bond donors (Lipinski definition) is 3. The fraction of sp³-hybridized carbons (Fsp3) is 0.500. The van der Waals surface area contributed by atoms with E-state index in [1.807, 2.05) is 0 Å². The molecule has 0 spiro atoms. The van der Waals surface area contributed by atoms with Gasteiger partial charge >= 0.3 is 0 Å². The summed E-state index contributed by atoms with van der Waals surface area (Å²) >= 11 is 0. The molecule has 0 aromatic carbocycles. The molecule has 1 aromatic heterocycles. The minimum atomic E-state index is -3.73. The van der Waals surface area contributed by atoms with Crippen molar-refractivity contribution in [1.29, 1.82) is 0 Å². The fourth-order valence-corrected chi connectivity index (χ4v) is 1.92. The lowest BCUT2D eigenvalue weighted by Gasteiger charge is -2.08. The largest absolute Gasteiger partial charge is 0.438 e. The van der Waals surface area contributed by atoms with E-state index in [4.69, 9.17) is 14.6 Å². The van der Waals surface area contributed by atoms with Gasteiger partial charge in [0.05, 0.1) is 12.7 Å². The normalized spacial score (nSPS) is 13.5. The average molecular weight is 292 g/mol. The van der Waals surface area contributed by atoms with Crippen molar-refractivity contribution in [1.82, 2.24) is 9.62 Å². The standard InChI is InChI=1S/C10H16N2O6S/c1-12(2)19(16,17)9-4-3-8(18-9)10(15)11-5-7(14)6-13/h3-4,7,13-14H,5-6H2,1-2H3,(H,11,15). The molecule has 0 aliphatic carbocycles. The Kier molecular flexibility index (Phi) is 5.06. The quantitative estimate of drug-likeness (QED) is 0.594. The van der Waals surface area contributed by atoms with Gasteiger partial charge < -0.3 is 19.9 Å². The fourth-order valence-electron chi connectivity index (χ4n) is 1.12.